The Kier molecular flexibility index (Phi) is 3.97. The van der Waals surface area contributed by atoms with Gasteiger partial charge in [0.15, 0.2) is 11.2 Å². The Hall–Kier alpha value is -3.18. The van der Waals surface area contributed by atoms with Gasteiger partial charge >= 0.3 is 0 Å². The molecule has 7 heteroatoms. The molecule has 4 rings (SSSR count). The Morgan fingerprint density at radius 3 is 2.37 bits per heavy atom. The zero-order chi connectivity index (χ0) is 19.1. The number of pyridine rings is 1. The van der Waals surface area contributed by atoms with E-state index in [4.69, 9.17) is 15.2 Å². The molecule has 1 fully saturated rings. The highest BCUT2D eigenvalue weighted by Crippen LogP contribution is 2.57. The van der Waals surface area contributed by atoms with Crippen molar-refractivity contribution >= 4 is 0 Å². The summed E-state index contributed by atoms with van der Waals surface area (Å²) in [5.74, 6) is -1.63. The third kappa shape index (κ3) is 2.35. The van der Waals surface area contributed by atoms with Gasteiger partial charge in [-0.05, 0) is 29.2 Å². The van der Waals surface area contributed by atoms with Crippen molar-refractivity contribution in [2.75, 3.05) is 13.2 Å². The van der Waals surface area contributed by atoms with Crippen LogP contribution in [0.1, 0.15) is 24.3 Å². The van der Waals surface area contributed by atoms with Gasteiger partial charge < -0.3 is 15.2 Å². The second-order valence-corrected chi connectivity index (χ2v) is 6.97. The molecule has 134 valence electrons. The van der Waals surface area contributed by atoms with Crippen LogP contribution in [0.25, 0.3) is 0 Å². The molecule has 0 bridgehead atoms. The minimum atomic E-state index is -1.65. The first kappa shape index (κ1) is 17.2. The number of hydrogen-bond donors (Lipinski definition) is 1. The van der Waals surface area contributed by atoms with Gasteiger partial charge in [0.25, 0.3) is 0 Å². The van der Waals surface area contributed by atoms with Crippen LogP contribution in [-0.4, -0.2) is 24.0 Å². The summed E-state index contributed by atoms with van der Waals surface area (Å²) in [7, 11) is 0. The van der Waals surface area contributed by atoms with Crippen LogP contribution < -0.4 is 5.73 Å². The fourth-order valence-corrected chi connectivity index (χ4v) is 4.55. The Morgan fingerprint density at radius 2 is 1.78 bits per heavy atom. The van der Waals surface area contributed by atoms with Gasteiger partial charge in [0.05, 0.1) is 36.6 Å². The average molecular weight is 359 g/mol. The number of nitriles is 3. The van der Waals surface area contributed by atoms with E-state index in [9.17, 15) is 15.8 Å². The quantitative estimate of drug-likeness (QED) is 0.812. The lowest BCUT2D eigenvalue weighted by Gasteiger charge is -2.46. The highest BCUT2D eigenvalue weighted by atomic mass is 16.7. The van der Waals surface area contributed by atoms with Crippen molar-refractivity contribution in [3.8, 4) is 18.2 Å². The zero-order valence-electron chi connectivity index (χ0n) is 14.6. The topological polar surface area (TPSA) is 129 Å². The Bertz CT molecular complexity index is 941. The molecule has 1 aliphatic heterocycles. The van der Waals surface area contributed by atoms with E-state index in [0.717, 1.165) is 11.1 Å². The molecule has 1 saturated heterocycles. The average Bonchev–Trinajstić information content (AvgIpc) is 3.16. The molecule has 1 aromatic heterocycles. The van der Waals surface area contributed by atoms with Gasteiger partial charge in [-0.2, -0.15) is 15.8 Å². The minimum absolute atomic E-state index is 0.0171. The number of rotatable bonds is 1. The first-order chi connectivity index (χ1) is 13.1. The molecule has 0 aromatic carbocycles. The lowest BCUT2D eigenvalue weighted by Crippen LogP contribution is -2.47. The molecular weight excluding hydrogens is 342 g/mol. The van der Waals surface area contributed by atoms with E-state index in [0.29, 0.717) is 26.1 Å². The van der Waals surface area contributed by atoms with Crippen molar-refractivity contribution in [1.29, 1.82) is 15.8 Å². The van der Waals surface area contributed by atoms with E-state index < -0.39 is 17.1 Å². The van der Waals surface area contributed by atoms with Crippen molar-refractivity contribution in [2.45, 2.75) is 24.5 Å². The van der Waals surface area contributed by atoms with Gasteiger partial charge in [-0.15, -0.1) is 0 Å². The van der Waals surface area contributed by atoms with Gasteiger partial charge in [-0.1, -0.05) is 6.08 Å². The van der Waals surface area contributed by atoms with Crippen molar-refractivity contribution in [3.63, 3.8) is 0 Å². The summed E-state index contributed by atoms with van der Waals surface area (Å²) in [4.78, 5) is 4.04. The standard InChI is InChI=1S/C20H17N5O2/c21-10-16-14-1-4-20(26-7-8-27-20)9-15(14)17(13-2-5-25-6-3-13)19(11-22,12-23)18(16)24/h1-3,5-6,15,17H,4,7-9,24H2/t15-,17-/m0/s1. The number of aromatic nitrogens is 1. The van der Waals surface area contributed by atoms with E-state index in [1.165, 1.54) is 0 Å². The number of allylic oxidation sites excluding steroid dienone is 3. The van der Waals surface area contributed by atoms with Crippen molar-refractivity contribution in [2.24, 2.45) is 17.1 Å². The van der Waals surface area contributed by atoms with Gasteiger partial charge in [-0.25, -0.2) is 0 Å². The summed E-state index contributed by atoms with van der Waals surface area (Å²) in [6.45, 7) is 1.00. The maximum Gasteiger partial charge on any atom is 0.191 e. The first-order valence-electron chi connectivity index (χ1n) is 8.72. The van der Waals surface area contributed by atoms with E-state index in [1.54, 1.807) is 24.5 Å². The van der Waals surface area contributed by atoms with Gasteiger partial charge in [-0.3, -0.25) is 4.98 Å². The van der Waals surface area contributed by atoms with E-state index in [2.05, 4.69) is 23.2 Å². The predicted molar refractivity (Wildman–Crippen MR) is 92.9 cm³/mol. The van der Waals surface area contributed by atoms with Crippen LogP contribution >= 0.6 is 0 Å². The van der Waals surface area contributed by atoms with Crippen LogP contribution in [0.5, 0.6) is 0 Å². The Balaban J connectivity index is 1.97. The van der Waals surface area contributed by atoms with Gasteiger partial charge in [0, 0.05) is 31.2 Å². The van der Waals surface area contributed by atoms with Crippen LogP contribution in [0.4, 0.5) is 0 Å². The van der Waals surface area contributed by atoms with E-state index in [-0.39, 0.29) is 17.2 Å². The molecule has 7 nitrogen and oxygen atoms in total. The van der Waals surface area contributed by atoms with Crippen LogP contribution in [0, 0.1) is 45.3 Å². The van der Waals surface area contributed by atoms with Crippen LogP contribution in [0.15, 0.2) is 47.4 Å². The summed E-state index contributed by atoms with van der Waals surface area (Å²) >= 11 is 0. The lowest BCUT2D eigenvalue weighted by molar-refractivity contribution is -0.171. The fourth-order valence-electron chi connectivity index (χ4n) is 4.55. The summed E-state index contributed by atoms with van der Waals surface area (Å²) in [5.41, 5.74) is 6.40. The molecule has 0 unspecified atom stereocenters. The monoisotopic (exact) mass is 359 g/mol. The predicted octanol–water partition coefficient (Wildman–Crippen LogP) is 2.03. The number of nitrogens with two attached hydrogens (primary N) is 1. The fraction of sp³-hybridized carbons (Fsp3) is 0.400. The second-order valence-electron chi connectivity index (χ2n) is 6.97. The van der Waals surface area contributed by atoms with Gasteiger partial charge in [0.1, 0.15) is 6.07 Å². The molecule has 0 saturated carbocycles. The maximum atomic E-state index is 10.0. The first-order valence-corrected chi connectivity index (χ1v) is 8.72. The largest absolute Gasteiger partial charge is 0.399 e. The number of hydrogen-bond acceptors (Lipinski definition) is 7. The third-order valence-electron chi connectivity index (χ3n) is 5.76. The van der Waals surface area contributed by atoms with E-state index in [1.807, 2.05) is 6.08 Å². The third-order valence-corrected chi connectivity index (χ3v) is 5.76. The Labute approximate surface area is 156 Å². The van der Waals surface area contributed by atoms with Crippen molar-refractivity contribution in [3.05, 3.63) is 53.0 Å². The summed E-state index contributed by atoms with van der Waals surface area (Å²) in [5, 5.41) is 29.7. The summed E-state index contributed by atoms with van der Waals surface area (Å²) in [6.07, 6.45) is 6.12. The SMILES string of the molecule is N#CC1=C(N)C(C#N)(C#N)[C@@H](c2ccncc2)[C@H]2CC3(CC=C12)OCCO3. The highest BCUT2D eigenvalue weighted by Gasteiger charge is 2.57. The molecular formula is C20H17N5O2. The number of fused-ring (bicyclic) bond motifs is 1. The second kappa shape index (κ2) is 6.21. The molecule has 27 heavy (non-hydrogen) atoms. The number of ether oxygens (including phenoxy) is 2. The van der Waals surface area contributed by atoms with Crippen molar-refractivity contribution < 1.29 is 9.47 Å². The molecule has 3 aliphatic rings. The smallest absolute Gasteiger partial charge is 0.191 e. The van der Waals surface area contributed by atoms with Crippen LogP contribution in [0.3, 0.4) is 0 Å². The summed E-state index contributed by atoms with van der Waals surface area (Å²) in [6, 6.07) is 9.92. The molecule has 1 spiro atoms. The normalized spacial score (nSPS) is 27.8. The molecule has 0 amide bonds. The molecule has 2 atom stereocenters. The lowest BCUT2D eigenvalue weighted by atomic mass is 9.56. The molecule has 2 aliphatic carbocycles. The number of nitrogens with zero attached hydrogens (tertiary/aromatic N) is 4. The molecule has 2 N–H and O–H groups in total. The maximum absolute atomic E-state index is 10.0. The van der Waals surface area contributed by atoms with E-state index >= 15 is 0 Å². The molecule has 2 heterocycles. The Morgan fingerprint density at radius 1 is 1.11 bits per heavy atom. The minimum Gasteiger partial charge on any atom is -0.399 e. The van der Waals surface area contributed by atoms with Crippen LogP contribution in [-0.2, 0) is 9.47 Å². The highest BCUT2D eigenvalue weighted by molar-refractivity contribution is 5.59. The molecule has 1 aromatic rings. The zero-order valence-corrected chi connectivity index (χ0v) is 14.6. The van der Waals surface area contributed by atoms with Crippen LogP contribution in [0.2, 0.25) is 0 Å². The van der Waals surface area contributed by atoms with Crippen molar-refractivity contribution in [1.82, 2.24) is 4.98 Å². The molecule has 0 radical (unpaired) electrons. The summed E-state index contributed by atoms with van der Waals surface area (Å²) < 4.78 is 11.7. The van der Waals surface area contributed by atoms with Gasteiger partial charge in [0.2, 0.25) is 0 Å².